The lowest BCUT2D eigenvalue weighted by Crippen LogP contribution is -2.32. The first kappa shape index (κ1) is 13.8. The molecule has 0 radical (unpaired) electrons. The molecule has 1 unspecified atom stereocenters. The second kappa shape index (κ2) is 6.50. The molecule has 0 fully saturated rings. The smallest absolute Gasteiger partial charge is 0.123 e. The van der Waals surface area contributed by atoms with Crippen molar-refractivity contribution in [2.24, 2.45) is 5.92 Å². The minimum atomic E-state index is 0.0966. The summed E-state index contributed by atoms with van der Waals surface area (Å²) in [5.74, 6) is 0.905. The molecule has 0 saturated heterocycles. The number of hydrogen-bond acceptors (Lipinski definition) is 3. The Labute approximate surface area is 103 Å². The van der Waals surface area contributed by atoms with Gasteiger partial charge < -0.3 is 15.5 Å². The van der Waals surface area contributed by atoms with E-state index in [4.69, 9.17) is 0 Å². The number of aromatic hydroxyl groups is 2. The van der Waals surface area contributed by atoms with Crippen LogP contribution in [0.25, 0.3) is 0 Å². The summed E-state index contributed by atoms with van der Waals surface area (Å²) in [5.41, 5.74) is 0.820. The van der Waals surface area contributed by atoms with Gasteiger partial charge in [-0.1, -0.05) is 32.8 Å². The van der Waals surface area contributed by atoms with Gasteiger partial charge in [0.15, 0.2) is 0 Å². The van der Waals surface area contributed by atoms with E-state index in [0.29, 0.717) is 18.5 Å². The van der Waals surface area contributed by atoms with Gasteiger partial charge in [0.1, 0.15) is 11.5 Å². The Kier molecular flexibility index (Phi) is 5.29. The van der Waals surface area contributed by atoms with E-state index in [9.17, 15) is 10.2 Å². The molecule has 0 amide bonds. The number of phenolic OH excluding ortho intramolecular Hbond substituents is 2. The SMILES string of the molecule is CCC(CC)C(C)NCc1ccc(O)cc1O. The van der Waals surface area contributed by atoms with Crippen LogP contribution in [-0.2, 0) is 6.54 Å². The van der Waals surface area contributed by atoms with Crippen LogP contribution in [0.3, 0.4) is 0 Å². The lowest BCUT2D eigenvalue weighted by molar-refractivity contribution is 0.350. The topological polar surface area (TPSA) is 52.5 Å². The van der Waals surface area contributed by atoms with Crippen molar-refractivity contribution < 1.29 is 10.2 Å². The summed E-state index contributed by atoms with van der Waals surface area (Å²) in [5, 5.41) is 22.3. The Bertz CT molecular complexity index is 348. The van der Waals surface area contributed by atoms with Crippen LogP contribution in [0.2, 0.25) is 0 Å². The standard InChI is InChI=1S/C14H23NO2/c1-4-11(5-2)10(3)15-9-12-6-7-13(16)8-14(12)17/h6-8,10-11,15-17H,4-5,9H2,1-3H3. The Balaban J connectivity index is 2.55. The largest absolute Gasteiger partial charge is 0.508 e. The van der Waals surface area contributed by atoms with Gasteiger partial charge in [0.2, 0.25) is 0 Å². The molecule has 1 atom stereocenters. The van der Waals surface area contributed by atoms with Crippen molar-refractivity contribution in [1.82, 2.24) is 5.32 Å². The molecule has 3 N–H and O–H groups in total. The highest BCUT2D eigenvalue weighted by molar-refractivity contribution is 5.38. The molecule has 0 bridgehead atoms. The maximum atomic E-state index is 9.66. The Morgan fingerprint density at radius 1 is 1.18 bits per heavy atom. The molecule has 17 heavy (non-hydrogen) atoms. The maximum absolute atomic E-state index is 9.66. The Morgan fingerprint density at radius 2 is 1.82 bits per heavy atom. The highest BCUT2D eigenvalue weighted by atomic mass is 16.3. The van der Waals surface area contributed by atoms with Crippen LogP contribution in [0, 0.1) is 5.92 Å². The molecule has 0 aliphatic rings. The fourth-order valence-electron chi connectivity index (χ4n) is 2.14. The third-order valence-corrected chi connectivity index (χ3v) is 3.44. The van der Waals surface area contributed by atoms with Crippen molar-refractivity contribution in [3.8, 4) is 11.5 Å². The molecule has 1 aromatic rings. The van der Waals surface area contributed by atoms with Gasteiger partial charge in [-0.15, -0.1) is 0 Å². The lowest BCUT2D eigenvalue weighted by atomic mass is 9.95. The summed E-state index contributed by atoms with van der Waals surface area (Å²) in [6.45, 7) is 7.20. The van der Waals surface area contributed by atoms with Crippen LogP contribution >= 0.6 is 0 Å². The first-order chi connectivity index (χ1) is 8.08. The van der Waals surface area contributed by atoms with E-state index < -0.39 is 0 Å². The van der Waals surface area contributed by atoms with Crippen molar-refractivity contribution in [2.75, 3.05) is 0 Å². The van der Waals surface area contributed by atoms with Crippen molar-refractivity contribution in [2.45, 2.75) is 46.2 Å². The summed E-state index contributed by atoms with van der Waals surface area (Å²) in [6, 6.07) is 5.15. The zero-order valence-electron chi connectivity index (χ0n) is 10.9. The van der Waals surface area contributed by atoms with Gasteiger partial charge in [-0.2, -0.15) is 0 Å². The van der Waals surface area contributed by atoms with Crippen LogP contribution < -0.4 is 5.32 Å². The first-order valence-corrected chi connectivity index (χ1v) is 6.32. The van der Waals surface area contributed by atoms with Gasteiger partial charge in [-0.05, 0) is 18.9 Å². The predicted molar refractivity (Wildman–Crippen MR) is 70.1 cm³/mol. The minimum Gasteiger partial charge on any atom is -0.508 e. The van der Waals surface area contributed by atoms with Gasteiger partial charge in [0.05, 0.1) is 0 Å². The van der Waals surface area contributed by atoms with Crippen molar-refractivity contribution in [3.63, 3.8) is 0 Å². The van der Waals surface area contributed by atoms with Crippen LogP contribution in [-0.4, -0.2) is 16.3 Å². The fourth-order valence-corrected chi connectivity index (χ4v) is 2.14. The number of rotatable bonds is 6. The highest BCUT2D eigenvalue weighted by Gasteiger charge is 2.13. The zero-order valence-corrected chi connectivity index (χ0v) is 10.9. The van der Waals surface area contributed by atoms with Crippen LogP contribution in [0.15, 0.2) is 18.2 Å². The van der Waals surface area contributed by atoms with E-state index in [1.165, 1.54) is 6.07 Å². The molecular weight excluding hydrogens is 214 g/mol. The summed E-state index contributed by atoms with van der Waals surface area (Å²) >= 11 is 0. The lowest BCUT2D eigenvalue weighted by Gasteiger charge is -2.22. The average molecular weight is 237 g/mol. The van der Waals surface area contributed by atoms with Crippen molar-refractivity contribution in [1.29, 1.82) is 0 Å². The van der Waals surface area contributed by atoms with Crippen molar-refractivity contribution >= 4 is 0 Å². The molecule has 1 aromatic carbocycles. The quantitative estimate of drug-likeness (QED) is 0.713. The number of phenols is 2. The molecular formula is C14H23NO2. The van der Waals surface area contributed by atoms with Gasteiger partial charge >= 0.3 is 0 Å². The van der Waals surface area contributed by atoms with Crippen LogP contribution in [0.4, 0.5) is 0 Å². The fraction of sp³-hybridized carbons (Fsp3) is 0.571. The van der Waals surface area contributed by atoms with E-state index in [2.05, 4.69) is 26.1 Å². The number of nitrogens with one attached hydrogen (secondary N) is 1. The van der Waals surface area contributed by atoms with Gasteiger partial charge in [0.25, 0.3) is 0 Å². The molecule has 0 heterocycles. The second-order valence-corrected chi connectivity index (χ2v) is 4.56. The van der Waals surface area contributed by atoms with Crippen LogP contribution in [0.1, 0.15) is 39.2 Å². The second-order valence-electron chi connectivity index (χ2n) is 4.56. The van der Waals surface area contributed by atoms with Gasteiger partial charge in [0, 0.05) is 24.2 Å². The molecule has 0 spiro atoms. The molecule has 96 valence electrons. The minimum absolute atomic E-state index is 0.0966. The van der Waals surface area contributed by atoms with Gasteiger partial charge in [-0.3, -0.25) is 0 Å². The summed E-state index contributed by atoms with van der Waals surface area (Å²) in [7, 11) is 0. The Morgan fingerprint density at radius 3 is 2.35 bits per heavy atom. The predicted octanol–water partition coefficient (Wildman–Crippen LogP) is 3.01. The van der Waals surface area contributed by atoms with E-state index >= 15 is 0 Å². The number of hydrogen-bond donors (Lipinski definition) is 3. The maximum Gasteiger partial charge on any atom is 0.123 e. The van der Waals surface area contributed by atoms with Crippen molar-refractivity contribution in [3.05, 3.63) is 23.8 Å². The molecule has 0 saturated carbocycles. The molecule has 1 rings (SSSR count). The highest BCUT2D eigenvalue weighted by Crippen LogP contribution is 2.23. The summed E-state index contributed by atoms with van der Waals surface area (Å²) in [6.07, 6.45) is 2.32. The van der Waals surface area contributed by atoms with E-state index in [0.717, 1.165) is 18.4 Å². The molecule has 0 aliphatic heterocycles. The first-order valence-electron chi connectivity index (χ1n) is 6.32. The summed E-state index contributed by atoms with van der Waals surface area (Å²) < 4.78 is 0. The molecule has 0 aromatic heterocycles. The molecule has 3 nitrogen and oxygen atoms in total. The third kappa shape index (κ3) is 3.93. The van der Waals surface area contributed by atoms with Gasteiger partial charge in [-0.25, -0.2) is 0 Å². The average Bonchev–Trinajstić information content (AvgIpc) is 2.29. The zero-order chi connectivity index (χ0) is 12.8. The molecule has 0 aliphatic carbocycles. The van der Waals surface area contributed by atoms with E-state index in [1.807, 2.05) is 0 Å². The normalized spacial score (nSPS) is 12.9. The summed E-state index contributed by atoms with van der Waals surface area (Å²) in [4.78, 5) is 0. The van der Waals surface area contributed by atoms with E-state index in [-0.39, 0.29) is 11.5 Å². The third-order valence-electron chi connectivity index (χ3n) is 3.44. The number of benzene rings is 1. The Hall–Kier alpha value is -1.22. The van der Waals surface area contributed by atoms with E-state index in [1.54, 1.807) is 12.1 Å². The monoisotopic (exact) mass is 237 g/mol. The molecule has 3 heteroatoms. The van der Waals surface area contributed by atoms with Crippen LogP contribution in [0.5, 0.6) is 11.5 Å².